The molecule has 1 aromatic heterocycles. The summed E-state index contributed by atoms with van der Waals surface area (Å²) in [5.74, 6) is 0.272. The zero-order chi connectivity index (χ0) is 23.9. The van der Waals surface area contributed by atoms with Gasteiger partial charge in [0.15, 0.2) is 12.4 Å². The summed E-state index contributed by atoms with van der Waals surface area (Å²) in [6, 6.07) is 10.5. The van der Waals surface area contributed by atoms with Gasteiger partial charge in [-0.15, -0.1) is 0 Å². The van der Waals surface area contributed by atoms with Crippen molar-refractivity contribution in [2.45, 2.75) is 31.9 Å². The van der Waals surface area contributed by atoms with Crippen LogP contribution in [0.5, 0.6) is 5.75 Å². The zero-order valence-electron chi connectivity index (χ0n) is 18.3. The number of aromatic nitrogens is 2. The maximum absolute atomic E-state index is 13.9. The molecule has 1 saturated heterocycles. The average molecular weight is 470 g/mol. The number of carbonyl (C=O) groups is 1. The molecule has 2 N–H and O–H groups in total. The number of benzene rings is 2. The predicted molar refractivity (Wildman–Crippen MR) is 118 cm³/mol. The lowest BCUT2D eigenvalue weighted by atomic mass is 9.96. The molecule has 1 amide bonds. The van der Waals surface area contributed by atoms with E-state index in [9.17, 15) is 13.6 Å². The van der Waals surface area contributed by atoms with Gasteiger partial charge in [0.25, 0.3) is 11.8 Å². The Morgan fingerprint density at radius 2 is 1.97 bits per heavy atom. The van der Waals surface area contributed by atoms with Gasteiger partial charge in [-0.05, 0) is 67.9 Å². The number of amides is 1. The van der Waals surface area contributed by atoms with Crippen LogP contribution in [0.4, 0.5) is 8.78 Å². The molecule has 0 atom stereocenters. The Morgan fingerprint density at radius 3 is 2.71 bits per heavy atom. The second-order valence-corrected chi connectivity index (χ2v) is 8.00. The van der Waals surface area contributed by atoms with Gasteiger partial charge in [0.05, 0.1) is 0 Å². The summed E-state index contributed by atoms with van der Waals surface area (Å²) in [5, 5.41) is 12.6. The number of nitrogens with one attached hydrogen (secondary N) is 1. The largest absolute Gasteiger partial charge is 0.484 e. The monoisotopic (exact) mass is 470 g/mol. The van der Waals surface area contributed by atoms with E-state index in [2.05, 4.69) is 15.0 Å². The Labute approximate surface area is 194 Å². The van der Waals surface area contributed by atoms with Gasteiger partial charge in [0.2, 0.25) is 0 Å². The van der Waals surface area contributed by atoms with Crippen molar-refractivity contribution in [1.29, 1.82) is 0 Å². The van der Waals surface area contributed by atoms with E-state index in [4.69, 9.17) is 14.5 Å². The van der Waals surface area contributed by atoms with Crippen LogP contribution >= 0.6 is 0 Å². The van der Waals surface area contributed by atoms with Gasteiger partial charge >= 0.3 is 0 Å². The molecule has 8 nitrogen and oxygen atoms in total. The zero-order valence-corrected chi connectivity index (χ0v) is 18.3. The van der Waals surface area contributed by atoms with Gasteiger partial charge in [-0.25, -0.2) is 14.3 Å². The highest BCUT2D eigenvalue weighted by atomic mass is 19.1. The number of ether oxygens (including phenoxy) is 1. The Bertz CT molecular complexity index is 1140. The third kappa shape index (κ3) is 6.24. The average Bonchev–Trinajstić information content (AvgIpc) is 3.33. The number of rotatable bonds is 8. The molecule has 3 aromatic rings. The van der Waals surface area contributed by atoms with E-state index in [0.717, 1.165) is 43.6 Å². The third-order valence-corrected chi connectivity index (χ3v) is 5.62. The first-order valence-corrected chi connectivity index (χ1v) is 10.8. The fourth-order valence-electron chi connectivity index (χ4n) is 3.78. The van der Waals surface area contributed by atoms with Crippen molar-refractivity contribution in [3.05, 3.63) is 83.0 Å². The van der Waals surface area contributed by atoms with Crippen LogP contribution in [0.25, 0.3) is 6.08 Å². The van der Waals surface area contributed by atoms with Crippen LogP contribution < -0.4 is 10.2 Å². The van der Waals surface area contributed by atoms with Crippen molar-refractivity contribution in [3.8, 4) is 5.75 Å². The van der Waals surface area contributed by atoms with E-state index in [0.29, 0.717) is 29.6 Å². The highest BCUT2D eigenvalue weighted by molar-refractivity contribution is 5.90. The Balaban J connectivity index is 1.25. The van der Waals surface area contributed by atoms with Gasteiger partial charge in [0.1, 0.15) is 17.4 Å². The first-order valence-electron chi connectivity index (χ1n) is 10.8. The molecule has 0 spiro atoms. The molecule has 0 radical (unpaired) electrons. The van der Waals surface area contributed by atoms with E-state index >= 15 is 0 Å². The second-order valence-electron chi connectivity index (χ2n) is 8.00. The molecule has 2 aromatic carbocycles. The number of hydrogen-bond donors (Lipinski definition) is 2. The van der Waals surface area contributed by atoms with Gasteiger partial charge < -0.3 is 9.26 Å². The van der Waals surface area contributed by atoms with Crippen LogP contribution in [0.2, 0.25) is 0 Å². The second kappa shape index (κ2) is 11.0. The van der Waals surface area contributed by atoms with E-state index in [1.807, 2.05) is 0 Å². The standard InChI is InChI=1S/C24H24F2N4O4/c25-19-4-7-21(26)18(13-19)14-30-11-9-17(10-12-30)24-27-23(34-29-24)15-33-20-5-1-16(2-6-20)3-8-22(31)28-32/h1-8,13,17,32H,9-12,14-15H2,(H,28,31). The lowest BCUT2D eigenvalue weighted by Crippen LogP contribution is -2.33. The quantitative estimate of drug-likeness (QED) is 0.293. The van der Waals surface area contributed by atoms with Crippen molar-refractivity contribution in [3.63, 3.8) is 0 Å². The normalized spacial score (nSPS) is 15.0. The molecule has 0 aliphatic carbocycles. The van der Waals surface area contributed by atoms with E-state index in [-0.39, 0.29) is 12.5 Å². The molecule has 2 heterocycles. The summed E-state index contributed by atoms with van der Waals surface area (Å²) in [5.41, 5.74) is 2.65. The molecular weight excluding hydrogens is 446 g/mol. The molecule has 0 saturated carbocycles. The number of nitrogens with zero attached hydrogens (tertiary/aromatic N) is 3. The number of piperidine rings is 1. The van der Waals surface area contributed by atoms with Gasteiger partial charge in [0, 0.05) is 24.1 Å². The lowest BCUT2D eigenvalue weighted by Gasteiger charge is -2.30. The van der Waals surface area contributed by atoms with E-state index in [1.54, 1.807) is 30.3 Å². The Kier molecular flexibility index (Phi) is 7.61. The van der Waals surface area contributed by atoms with Crippen molar-refractivity contribution >= 4 is 12.0 Å². The van der Waals surface area contributed by atoms with Crippen LogP contribution in [0.3, 0.4) is 0 Å². The van der Waals surface area contributed by atoms with Crippen LogP contribution in [0.1, 0.15) is 41.6 Å². The van der Waals surface area contributed by atoms with E-state index in [1.165, 1.54) is 17.6 Å². The van der Waals surface area contributed by atoms with Crippen molar-refractivity contribution in [1.82, 2.24) is 20.5 Å². The molecule has 34 heavy (non-hydrogen) atoms. The molecule has 1 aliphatic heterocycles. The first kappa shape index (κ1) is 23.5. The fourth-order valence-corrected chi connectivity index (χ4v) is 3.78. The summed E-state index contributed by atoms with van der Waals surface area (Å²) < 4.78 is 38.3. The molecule has 0 bridgehead atoms. The SMILES string of the molecule is O=C(C=Cc1ccc(OCc2nc(C3CCN(Cc4cc(F)ccc4F)CC3)no2)cc1)NO. The molecule has 10 heteroatoms. The van der Waals surface area contributed by atoms with Gasteiger partial charge in [-0.2, -0.15) is 4.98 Å². The fraction of sp³-hybridized carbons (Fsp3) is 0.292. The number of likely N-dealkylation sites (tertiary alicyclic amines) is 1. The Hall–Kier alpha value is -3.63. The summed E-state index contributed by atoms with van der Waals surface area (Å²) in [6.07, 6.45) is 4.35. The summed E-state index contributed by atoms with van der Waals surface area (Å²) in [7, 11) is 0. The summed E-state index contributed by atoms with van der Waals surface area (Å²) >= 11 is 0. The first-order chi connectivity index (χ1) is 16.5. The molecule has 178 valence electrons. The van der Waals surface area contributed by atoms with Crippen LogP contribution in [0.15, 0.2) is 53.1 Å². The Morgan fingerprint density at radius 1 is 1.21 bits per heavy atom. The molecular formula is C24H24F2N4O4. The molecule has 1 aliphatic rings. The highest BCUT2D eigenvalue weighted by Gasteiger charge is 2.25. The summed E-state index contributed by atoms with van der Waals surface area (Å²) in [4.78, 5) is 17.6. The maximum atomic E-state index is 13.9. The molecule has 0 unspecified atom stereocenters. The number of halogens is 2. The predicted octanol–water partition coefficient (Wildman–Crippen LogP) is 3.83. The minimum Gasteiger partial charge on any atom is -0.484 e. The minimum atomic E-state index is -0.612. The maximum Gasteiger partial charge on any atom is 0.267 e. The van der Waals surface area contributed by atoms with Crippen molar-refractivity contribution in [2.75, 3.05) is 13.1 Å². The highest BCUT2D eigenvalue weighted by Crippen LogP contribution is 2.27. The minimum absolute atomic E-state index is 0.118. The van der Waals surface area contributed by atoms with E-state index < -0.39 is 17.5 Å². The van der Waals surface area contributed by atoms with Crippen LogP contribution in [-0.2, 0) is 17.9 Å². The third-order valence-electron chi connectivity index (χ3n) is 5.62. The molecule has 1 fully saturated rings. The van der Waals surface area contributed by atoms with Crippen molar-refractivity contribution < 1.29 is 28.0 Å². The van der Waals surface area contributed by atoms with Crippen LogP contribution in [0, 0.1) is 11.6 Å². The number of hydrogen-bond acceptors (Lipinski definition) is 7. The van der Waals surface area contributed by atoms with Gasteiger partial charge in [-0.3, -0.25) is 14.9 Å². The van der Waals surface area contributed by atoms with Crippen molar-refractivity contribution in [2.24, 2.45) is 0 Å². The smallest absolute Gasteiger partial charge is 0.267 e. The number of hydroxylamine groups is 1. The summed E-state index contributed by atoms with van der Waals surface area (Å²) in [6.45, 7) is 1.93. The van der Waals surface area contributed by atoms with Gasteiger partial charge in [-0.1, -0.05) is 17.3 Å². The molecule has 4 rings (SSSR count). The topological polar surface area (TPSA) is 101 Å². The number of carbonyl (C=O) groups excluding carboxylic acids is 1. The van der Waals surface area contributed by atoms with Crippen LogP contribution in [-0.4, -0.2) is 39.2 Å². The lowest BCUT2D eigenvalue weighted by molar-refractivity contribution is -0.124.